The monoisotopic (exact) mass is 1070 g/mol. The topological polar surface area (TPSA) is 30.4 Å². The van der Waals surface area contributed by atoms with Crippen LogP contribution in [0, 0.1) is 5.92 Å². The van der Waals surface area contributed by atoms with E-state index in [9.17, 15) is 0 Å². The highest BCUT2D eigenvalue weighted by Gasteiger charge is 2.52. The van der Waals surface area contributed by atoms with Crippen LogP contribution in [0.3, 0.4) is 0 Å². The van der Waals surface area contributed by atoms with E-state index in [-0.39, 0.29) is 5.92 Å². The molecule has 4 heteroatoms. The van der Waals surface area contributed by atoms with Crippen LogP contribution in [-0.4, -0.2) is 10.3 Å². The Kier molecular flexibility index (Phi) is 11.3. The van der Waals surface area contributed by atoms with Crippen molar-refractivity contribution in [3.63, 3.8) is 0 Å². The van der Waals surface area contributed by atoms with Crippen LogP contribution in [0.1, 0.15) is 79.0 Å². The number of rotatable bonds is 11. The number of furan rings is 1. The maximum atomic E-state index is 6.82. The van der Waals surface area contributed by atoms with Crippen molar-refractivity contribution < 1.29 is 4.42 Å². The highest BCUT2D eigenvalue weighted by atomic mass is 32.1. The number of aliphatic imine (C=N–C) groups is 1. The van der Waals surface area contributed by atoms with Crippen molar-refractivity contribution in [3.8, 4) is 39.1 Å². The van der Waals surface area contributed by atoms with Crippen LogP contribution in [0.2, 0.25) is 0 Å². The van der Waals surface area contributed by atoms with Crippen molar-refractivity contribution in [2.75, 3.05) is 0 Å². The zero-order chi connectivity index (χ0) is 54.6. The predicted octanol–water partition coefficient (Wildman–Crippen LogP) is 21.4. The second-order valence-corrected chi connectivity index (χ2v) is 23.7. The first-order chi connectivity index (χ1) is 40.5. The Morgan fingerprint density at radius 3 is 2.00 bits per heavy atom. The lowest BCUT2D eigenvalue weighted by Gasteiger charge is -2.30. The lowest BCUT2D eigenvalue weighted by atomic mass is 9.70. The van der Waals surface area contributed by atoms with Crippen molar-refractivity contribution in [1.29, 1.82) is 0 Å². The van der Waals surface area contributed by atoms with Gasteiger partial charge in [-0.05, 0) is 123 Å². The first-order valence-electron chi connectivity index (χ1n) is 29.1. The van der Waals surface area contributed by atoms with E-state index >= 15 is 0 Å². The number of fused-ring (bicyclic) bond motifs is 20. The van der Waals surface area contributed by atoms with E-state index < -0.39 is 5.41 Å². The van der Waals surface area contributed by atoms with E-state index in [1.165, 1.54) is 103 Å². The summed E-state index contributed by atoms with van der Waals surface area (Å²) in [4.78, 5) is 5.83. The number of thiophene rings is 1. The summed E-state index contributed by atoms with van der Waals surface area (Å²) in [6.07, 6.45) is 3.20. The zero-order valence-corrected chi connectivity index (χ0v) is 47.0. The van der Waals surface area contributed by atoms with Gasteiger partial charge >= 0.3 is 0 Å². The number of benzene rings is 11. The molecule has 0 bridgehead atoms. The third-order valence-corrected chi connectivity index (χ3v) is 19.5. The lowest BCUT2D eigenvalue weighted by Crippen LogP contribution is -2.25. The Morgan fingerprint density at radius 2 is 1.20 bits per heavy atom. The van der Waals surface area contributed by atoms with Gasteiger partial charge in [-0.2, -0.15) is 0 Å². The molecule has 0 radical (unpaired) electrons. The van der Waals surface area contributed by atoms with Gasteiger partial charge in [0, 0.05) is 70.2 Å². The van der Waals surface area contributed by atoms with E-state index in [1.54, 1.807) is 0 Å². The van der Waals surface area contributed by atoms with Gasteiger partial charge in [0.15, 0.2) is 0 Å². The van der Waals surface area contributed by atoms with Gasteiger partial charge in [-0.25, -0.2) is 0 Å². The number of hydrogen-bond acceptors (Lipinski definition) is 3. The lowest BCUT2D eigenvalue weighted by molar-refractivity contribution is 0.669. The Hall–Kier alpha value is -9.35. The molecule has 0 fully saturated rings. The maximum absolute atomic E-state index is 6.82. The Morgan fingerprint density at radius 1 is 0.549 bits per heavy atom. The van der Waals surface area contributed by atoms with Crippen LogP contribution in [0.5, 0.6) is 0 Å². The van der Waals surface area contributed by atoms with Crippen molar-refractivity contribution >= 4 is 86.5 Å². The van der Waals surface area contributed by atoms with Gasteiger partial charge < -0.3 is 8.98 Å². The fraction of sp³-hybridized carbons (Fsp3) is 0.115. The van der Waals surface area contributed by atoms with Crippen LogP contribution in [0.15, 0.2) is 258 Å². The first kappa shape index (κ1) is 48.5. The molecule has 11 aromatic carbocycles. The molecule has 0 N–H and O–H groups in total. The number of hydrogen-bond donors (Lipinski definition) is 0. The van der Waals surface area contributed by atoms with Crippen molar-refractivity contribution in [2.45, 2.75) is 52.0 Å². The van der Waals surface area contributed by atoms with E-state index in [4.69, 9.17) is 9.41 Å². The summed E-state index contributed by atoms with van der Waals surface area (Å²) in [6, 6.07) is 90.2. The molecular formula is C78H58N2OS. The third-order valence-electron chi connectivity index (χ3n) is 18.3. The van der Waals surface area contributed by atoms with Gasteiger partial charge in [0.2, 0.25) is 0 Å². The molecule has 1 spiro atoms. The molecule has 3 heterocycles. The number of nitrogens with zero attached hydrogens (tertiary/aromatic N) is 2. The van der Waals surface area contributed by atoms with Crippen LogP contribution in [-0.2, 0) is 12.0 Å². The molecular weight excluding hydrogens is 1010 g/mol. The van der Waals surface area contributed by atoms with Gasteiger partial charge in [-0.15, -0.1) is 11.3 Å². The predicted molar refractivity (Wildman–Crippen MR) is 347 cm³/mol. The highest BCUT2D eigenvalue weighted by Crippen LogP contribution is 2.64. The minimum Gasteiger partial charge on any atom is -0.455 e. The molecule has 0 amide bonds. The van der Waals surface area contributed by atoms with E-state index in [1.807, 2.05) is 11.3 Å². The van der Waals surface area contributed by atoms with Gasteiger partial charge in [0.25, 0.3) is 0 Å². The Balaban J connectivity index is 0.900. The summed E-state index contributed by atoms with van der Waals surface area (Å²) in [5, 5.41) is 7.42. The molecule has 1 atom stereocenters. The van der Waals surface area contributed by atoms with Crippen LogP contribution in [0.25, 0.3) is 109 Å². The highest BCUT2D eigenvalue weighted by molar-refractivity contribution is 7.25. The number of unbranched alkanes of at least 4 members (excludes halogenated alkanes) is 1. The summed E-state index contributed by atoms with van der Waals surface area (Å²) in [6.45, 7) is 7.59. The van der Waals surface area contributed by atoms with E-state index in [0.29, 0.717) is 6.54 Å². The summed E-state index contributed by atoms with van der Waals surface area (Å²) in [5.74, 6) is -0.0257. The first-order valence-corrected chi connectivity index (χ1v) is 29.9. The summed E-state index contributed by atoms with van der Waals surface area (Å²) in [5.41, 5.74) is 25.1. The van der Waals surface area contributed by atoms with Gasteiger partial charge in [0.1, 0.15) is 11.2 Å². The van der Waals surface area contributed by atoms with E-state index in [0.717, 1.165) is 74.9 Å². The SMILES string of the molecule is CCCC/C(=C(/C)C(C)/C(=N\Cc1ccc2c(c1)oc1c(-c3ccccc3)cccc12)c1cccc(-n2c3ccccc3c3ccc4c(c32)-c2ccccc2C42c3ccccc3-c3ccccc32)c1)c1cccc2sc3ccccc3c12. The quantitative estimate of drug-likeness (QED) is 0.119. The smallest absolute Gasteiger partial charge is 0.143 e. The summed E-state index contributed by atoms with van der Waals surface area (Å²) >= 11 is 1.90. The van der Waals surface area contributed by atoms with E-state index in [2.05, 4.69) is 268 Å². The molecule has 82 heavy (non-hydrogen) atoms. The van der Waals surface area contributed by atoms with Crippen molar-refractivity contribution in [2.24, 2.45) is 10.9 Å². The average molecular weight is 1070 g/mol. The Bertz CT molecular complexity index is 4940. The van der Waals surface area contributed by atoms with Crippen molar-refractivity contribution in [1.82, 2.24) is 4.57 Å². The molecule has 14 aromatic rings. The normalized spacial score (nSPS) is 14.1. The summed E-state index contributed by atoms with van der Waals surface area (Å²) < 4.78 is 12.0. The number of allylic oxidation sites excluding steroid dienone is 2. The van der Waals surface area contributed by atoms with Crippen molar-refractivity contribution in [3.05, 3.63) is 287 Å². The standard InChI is InChI=1S/C78H58N2OS/c1-4-5-26-54(60-33-21-40-72-73(60)64-31-13-18-39-71(64)82-72)48(2)49(3)75(79-47-50-41-42-59-62-34-20-32-55(51-22-7-6-8-23-51)77(62)81-70(59)45-50)52-24-19-25-53(46-52)80-69-38-17-12-29-58(69)61-43-44-68-74(76(61)80)63-30-11-16-37-67(63)78(68)65-35-14-9-27-56(65)57-28-10-15-36-66(57)78/h6-25,27-46,49H,4-5,26,47H2,1-3H3/b54-48+,79-75+. The fourth-order valence-corrected chi connectivity index (χ4v) is 15.7. The van der Waals surface area contributed by atoms with Gasteiger partial charge in [-0.1, -0.05) is 232 Å². The molecule has 392 valence electrons. The second-order valence-electron chi connectivity index (χ2n) is 22.6. The molecule has 2 aliphatic rings. The van der Waals surface area contributed by atoms with Crippen LogP contribution >= 0.6 is 11.3 Å². The molecule has 0 saturated carbocycles. The van der Waals surface area contributed by atoms with Crippen LogP contribution in [0.4, 0.5) is 0 Å². The largest absolute Gasteiger partial charge is 0.455 e. The minimum absolute atomic E-state index is 0.0257. The molecule has 0 aliphatic heterocycles. The Labute approximate surface area is 481 Å². The van der Waals surface area contributed by atoms with Gasteiger partial charge in [0.05, 0.1) is 23.0 Å². The van der Waals surface area contributed by atoms with Crippen LogP contribution < -0.4 is 0 Å². The zero-order valence-electron chi connectivity index (χ0n) is 46.2. The molecule has 3 nitrogen and oxygen atoms in total. The van der Waals surface area contributed by atoms with Gasteiger partial charge in [-0.3, -0.25) is 4.99 Å². The molecule has 2 aliphatic carbocycles. The second kappa shape index (κ2) is 19.2. The fourth-order valence-electron chi connectivity index (χ4n) is 14.5. The molecule has 0 saturated heterocycles. The molecule has 1 unspecified atom stereocenters. The maximum Gasteiger partial charge on any atom is 0.143 e. The molecule has 16 rings (SSSR count). The third kappa shape index (κ3) is 7.17. The molecule has 3 aromatic heterocycles. The summed E-state index contributed by atoms with van der Waals surface area (Å²) in [7, 11) is 0. The number of aromatic nitrogens is 1. The minimum atomic E-state index is -0.458. The number of para-hydroxylation sites is 2. The average Bonchev–Trinajstić information content (AvgIpc) is 3.07.